The van der Waals surface area contributed by atoms with E-state index in [4.69, 9.17) is 4.74 Å². The second kappa shape index (κ2) is 16.4. The Bertz CT molecular complexity index is 1870. The average molecular weight is 666 g/mol. The van der Waals surface area contributed by atoms with Crippen molar-refractivity contribution in [1.82, 2.24) is 10.2 Å². The summed E-state index contributed by atoms with van der Waals surface area (Å²) in [5.41, 5.74) is 3.06. The number of halogens is 1. The van der Waals surface area contributed by atoms with Crippen LogP contribution >= 0.6 is 0 Å². The van der Waals surface area contributed by atoms with Crippen molar-refractivity contribution in [1.29, 1.82) is 0 Å². The van der Waals surface area contributed by atoms with Gasteiger partial charge in [0.2, 0.25) is 5.91 Å². The summed E-state index contributed by atoms with van der Waals surface area (Å²) in [6.45, 7) is 0.206. The van der Waals surface area contributed by atoms with Crippen molar-refractivity contribution >= 4 is 27.5 Å². The fourth-order valence-electron chi connectivity index (χ4n) is 5.10. The molecule has 10 heteroatoms. The van der Waals surface area contributed by atoms with Gasteiger partial charge in [-0.25, -0.2) is 12.8 Å². The van der Waals surface area contributed by atoms with Crippen molar-refractivity contribution in [3.05, 3.63) is 162 Å². The Hall–Kier alpha value is -5.48. The third-order valence-electron chi connectivity index (χ3n) is 7.62. The van der Waals surface area contributed by atoms with E-state index in [1.165, 1.54) is 41.3 Å². The second-order valence-electron chi connectivity index (χ2n) is 11.1. The molecule has 246 valence electrons. The first kappa shape index (κ1) is 33.9. The number of anilines is 1. The molecule has 1 unspecified atom stereocenters. The molecular weight excluding hydrogens is 629 g/mol. The summed E-state index contributed by atoms with van der Waals surface area (Å²) >= 11 is 0. The molecule has 5 aromatic rings. The predicted molar refractivity (Wildman–Crippen MR) is 183 cm³/mol. The maximum Gasteiger partial charge on any atom is 0.261 e. The Morgan fingerprint density at radius 3 is 1.88 bits per heavy atom. The van der Waals surface area contributed by atoms with Gasteiger partial charge in [0.05, 0.1) is 4.90 Å². The van der Waals surface area contributed by atoms with Gasteiger partial charge in [0.1, 0.15) is 17.6 Å². The van der Waals surface area contributed by atoms with Gasteiger partial charge in [0.15, 0.2) is 6.61 Å². The summed E-state index contributed by atoms with van der Waals surface area (Å²) < 4.78 is 47.1. The normalized spacial score (nSPS) is 11.7. The Labute approximate surface area is 280 Å². The van der Waals surface area contributed by atoms with E-state index in [9.17, 15) is 22.4 Å². The highest BCUT2D eigenvalue weighted by Gasteiger charge is 2.30. The van der Waals surface area contributed by atoms with Gasteiger partial charge in [0, 0.05) is 25.2 Å². The van der Waals surface area contributed by atoms with E-state index in [-0.39, 0.29) is 35.4 Å². The Morgan fingerprint density at radius 2 is 1.27 bits per heavy atom. The zero-order valence-corrected chi connectivity index (χ0v) is 27.0. The topological polar surface area (TPSA) is 105 Å². The van der Waals surface area contributed by atoms with Crippen molar-refractivity contribution < 1.29 is 27.1 Å². The molecule has 5 rings (SSSR count). The molecule has 0 saturated carbocycles. The van der Waals surface area contributed by atoms with E-state index >= 15 is 0 Å². The van der Waals surface area contributed by atoms with Crippen molar-refractivity contribution in [2.45, 2.75) is 30.3 Å². The van der Waals surface area contributed by atoms with Gasteiger partial charge in [-0.1, -0.05) is 91.0 Å². The van der Waals surface area contributed by atoms with Crippen LogP contribution in [0.15, 0.2) is 144 Å². The number of hydrogen-bond donors (Lipinski definition) is 2. The van der Waals surface area contributed by atoms with E-state index < -0.39 is 27.8 Å². The van der Waals surface area contributed by atoms with Gasteiger partial charge in [-0.15, -0.1) is 0 Å². The number of carbonyl (C=O) groups is 2. The van der Waals surface area contributed by atoms with Crippen LogP contribution in [0.3, 0.4) is 0 Å². The molecule has 2 N–H and O–H groups in total. The highest BCUT2D eigenvalue weighted by atomic mass is 32.2. The number of sulfonamides is 1. The van der Waals surface area contributed by atoms with Gasteiger partial charge < -0.3 is 15.0 Å². The van der Waals surface area contributed by atoms with Crippen molar-refractivity contribution in [3.8, 4) is 5.75 Å². The largest absolute Gasteiger partial charge is 0.484 e. The fourth-order valence-corrected chi connectivity index (χ4v) is 6.16. The molecule has 8 nitrogen and oxygen atoms in total. The molecule has 0 saturated heterocycles. The Morgan fingerprint density at radius 1 is 0.708 bits per heavy atom. The molecular formula is C38H36FN3O5S. The number of rotatable bonds is 15. The molecule has 2 amide bonds. The van der Waals surface area contributed by atoms with E-state index in [0.717, 1.165) is 28.8 Å². The fraction of sp³-hybridized carbons (Fsp3) is 0.158. The van der Waals surface area contributed by atoms with Crippen LogP contribution in [0.5, 0.6) is 5.75 Å². The molecule has 1 atom stereocenters. The smallest absolute Gasteiger partial charge is 0.261 e. The van der Waals surface area contributed by atoms with Gasteiger partial charge in [-0.3, -0.25) is 14.3 Å². The van der Waals surface area contributed by atoms with Crippen LogP contribution in [0.25, 0.3) is 0 Å². The molecule has 0 bridgehead atoms. The van der Waals surface area contributed by atoms with Crippen molar-refractivity contribution in [3.63, 3.8) is 0 Å². The van der Waals surface area contributed by atoms with Gasteiger partial charge in [-0.05, 0) is 71.6 Å². The lowest BCUT2D eigenvalue weighted by Gasteiger charge is -2.31. The van der Waals surface area contributed by atoms with E-state index in [2.05, 4.69) is 10.0 Å². The molecule has 0 heterocycles. The van der Waals surface area contributed by atoms with Gasteiger partial charge in [-0.2, -0.15) is 0 Å². The summed E-state index contributed by atoms with van der Waals surface area (Å²) in [6, 6.07) is 38.5. The van der Waals surface area contributed by atoms with Crippen LogP contribution in [0.1, 0.15) is 16.7 Å². The number of carbonyl (C=O) groups excluding carboxylic acids is 2. The summed E-state index contributed by atoms with van der Waals surface area (Å²) in [5, 5.41) is 3.03. The van der Waals surface area contributed by atoms with Crippen LogP contribution in [0, 0.1) is 5.82 Å². The second-order valence-corrected chi connectivity index (χ2v) is 12.8. The summed E-state index contributed by atoms with van der Waals surface area (Å²) in [6.07, 6.45) is 0.940. The minimum Gasteiger partial charge on any atom is -0.484 e. The standard InChI is InChI=1S/C38H36FN3O5S/c39-32-16-18-33(19-17-32)41-48(45,46)35-22-20-34(21-23-35)47-28-37(43)42(27-31-14-8-3-9-15-31)36(26-30-12-6-2-7-13-30)38(44)40-25-24-29-10-4-1-5-11-29/h1-23,36,41H,24-28H2,(H,40,44). The van der Waals surface area contributed by atoms with Crippen LogP contribution in [0.2, 0.25) is 0 Å². The van der Waals surface area contributed by atoms with Crippen LogP contribution < -0.4 is 14.8 Å². The molecule has 0 aliphatic rings. The molecule has 0 radical (unpaired) electrons. The maximum absolute atomic E-state index is 13.9. The van der Waals surface area contributed by atoms with Gasteiger partial charge >= 0.3 is 0 Å². The molecule has 0 aliphatic carbocycles. The number of nitrogens with zero attached hydrogens (tertiary/aromatic N) is 1. The van der Waals surface area contributed by atoms with E-state index in [0.29, 0.717) is 19.4 Å². The molecule has 0 aliphatic heterocycles. The van der Waals surface area contributed by atoms with Crippen LogP contribution in [-0.2, 0) is 39.0 Å². The third kappa shape index (κ3) is 9.76. The monoisotopic (exact) mass is 665 g/mol. The first-order chi connectivity index (χ1) is 23.3. The average Bonchev–Trinajstić information content (AvgIpc) is 3.11. The predicted octanol–water partition coefficient (Wildman–Crippen LogP) is 6.00. The molecule has 0 fully saturated rings. The number of hydrogen-bond acceptors (Lipinski definition) is 5. The Balaban J connectivity index is 1.31. The quantitative estimate of drug-likeness (QED) is 0.143. The number of amides is 2. The molecule has 48 heavy (non-hydrogen) atoms. The lowest BCUT2D eigenvalue weighted by atomic mass is 10.0. The highest BCUT2D eigenvalue weighted by Crippen LogP contribution is 2.21. The minimum atomic E-state index is -3.95. The zero-order chi connectivity index (χ0) is 33.8. The molecule has 0 spiro atoms. The summed E-state index contributed by atoms with van der Waals surface area (Å²) in [7, 11) is -3.95. The lowest BCUT2D eigenvalue weighted by molar-refractivity contribution is -0.142. The SMILES string of the molecule is O=C(NCCc1ccccc1)C(Cc1ccccc1)N(Cc1ccccc1)C(=O)COc1ccc(S(=O)(=O)Nc2ccc(F)cc2)cc1. The lowest BCUT2D eigenvalue weighted by Crippen LogP contribution is -2.52. The highest BCUT2D eigenvalue weighted by molar-refractivity contribution is 7.92. The Kier molecular flexibility index (Phi) is 11.6. The minimum absolute atomic E-state index is 0.0358. The zero-order valence-electron chi connectivity index (χ0n) is 26.2. The first-order valence-corrected chi connectivity index (χ1v) is 17.0. The first-order valence-electron chi connectivity index (χ1n) is 15.5. The van der Waals surface area contributed by atoms with E-state index in [1.54, 1.807) is 0 Å². The molecule has 5 aromatic carbocycles. The summed E-state index contributed by atoms with van der Waals surface area (Å²) in [4.78, 5) is 29.2. The van der Waals surface area contributed by atoms with Crippen LogP contribution in [-0.4, -0.2) is 44.3 Å². The van der Waals surface area contributed by atoms with E-state index in [1.807, 2.05) is 91.0 Å². The number of benzene rings is 5. The number of ether oxygens (including phenoxy) is 1. The van der Waals surface area contributed by atoms with Crippen molar-refractivity contribution in [2.24, 2.45) is 0 Å². The summed E-state index contributed by atoms with van der Waals surface area (Å²) in [5.74, 6) is -0.892. The van der Waals surface area contributed by atoms with Crippen LogP contribution in [0.4, 0.5) is 10.1 Å². The third-order valence-corrected chi connectivity index (χ3v) is 9.01. The molecule has 0 aromatic heterocycles. The van der Waals surface area contributed by atoms with Crippen molar-refractivity contribution in [2.75, 3.05) is 17.9 Å². The maximum atomic E-state index is 13.9. The number of nitrogens with one attached hydrogen (secondary N) is 2. The van der Waals surface area contributed by atoms with Gasteiger partial charge in [0.25, 0.3) is 15.9 Å².